The zero-order chi connectivity index (χ0) is 15.9. The molecule has 1 aliphatic carbocycles. The molecule has 2 amide bonds. The fourth-order valence-electron chi connectivity index (χ4n) is 1.54. The van der Waals surface area contributed by atoms with Crippen molar-refractivity contribution < 1.29 is 9.59 Å². The van der Waals surface area contributed by atoms with Crippen LogP contribution in [0.4, 0.5) is 0 Å². The van der Waals surface area contributed by atoms with Crippen molar-refractivity contribution in [3.05, 3.63) is 0 Å². The summed E-state index contributed by atoms with van der Waals surface area (Å²) in [7, 11) is 1.65. The summed E-state index contributed by atoms with van der Waals surface area (Å²) in [4.78, 5) is 25.1. The van der Waals surface area contributed by atoms with Crippen LogP contribution in [0.15, 0.2) is 8.68 Å². The van der Waals surface area contributed by atoms with E-state index < -0.39 is 0 Å². The maximum Gasteiger partial charge on any atom is 0.239 e. The van der Waals surface area contributed by atoms with E-state index >= 15 is 0 Å². The van der Waals surface area contributed by atoms with E-state index in [2.05, 4.69) is 22.4 Å². The average Bonchev–Trinajstić information content (AvgIpc) is 3.18. The third-order valence-electron chi connectivity index (χ3n) is 2.89. The van der Waals surface area contributed by atoms with Gasteiger partial charge >= 0.3 is 0 Å². The monoisotopic (exact) mass is 360 g/mol. The summed E-state index contributed by atoms with van der Waals surface area (Å²) < 4.78 is 1.73. The fourth-order valence-corrected chi connectivity index (χ4v) is 4.43. The van der Waals surface area contributed by atoms with Gasteiger partial charge in [0.15, 0.2) is 8.68 Å². The lowest BCUT2D eigenvalue weighted by Crippen LogP contribution is -2.39. The van der Waals surface area contributed by atoms with Gasteiger partial charge in [-0.15, -0.1) is 10.2 Å². The number of likely N-dealkylation sites (N-methyl/N-ethyl adjacent to an activating group) is 1. The molecule has 0 saturated heterocycles. The number of nitrogens with one attached hydrogen (secondary N) is 1. The standard InChI is InChI=1S/C13H20N4O2S3/c1-3-6-20-12-15-16-13(22-12)21-8-11(19)17(2)7-10(18)14-9-4-5-9/h9H,3-8H2,1-2H3,(H,14,18). The number of thioether (sulfide) groups is 2. The van der Waals surface area contributed by atoms with Crippen molar-refractivity contribution in [2.24, 2.45) is 0 Å². The second-order valence-electron chi connectivity index (χ2n) is 5.06. The van der Waals surface area contributed by atoms with Gasteiger partial charge in [0.05, 0.1) is 12.3 Å². The maximum atomic E-state index is 12.0. The van der Waals surface area contributed by atoms with Crippen LogP contribution in [0.5, 0.6) is 0 Å². The van der Waals surface area contributed by atoms with Gasteiger partial charge in [-0.2, -0.15) is 0 Å². The molecule has 0 atom stereocenters. The SMILES string of the molecule is CCCSc1nnc(SCC(=O)N(C)CC(=O)NC2CC2)s1. The van der Waals surface area contributed by atoms with E-state index in [0.29, 0.717) is 6.04 Å². The van der Waals surface area contributed by atoms with E-state index in [4.69, 9.17) is 0 Å². The van der Waals surface area contributed by atoms with Crippen LogP contribution in [0.25, 0.3) is 0 Å². The molecule has 1 aliphatic rings. The van der Waals surface area contributed by atoms with Gasteiger partial charge in [-0.25, -0.2) is 0 Å². The highest BCUT2D eigenvalue weighted by molar-refractivity contribution is 8.03. The van der Waals surface area contributed by atoms with Gasteiger partial charge in [-0.1, -0.05) is 41.8 Å². The summed E-state index contributed by atoms with van der Waals surface area (Å²) in [5, 5.41) is 11.0. The van der Waals surface area contributed by atoms with Gasteiger partial charge in [-0.05, 0) is 19.3 Å². The fraction of sp³-hybridized carbons (Fsp3) is 0.692. The van der Waals surface area contributed by atoms with Crippen molar-refractivity contribution in [1.29, 1.82) is 0 Å². The van der Waals surface area contributed by atoms with Crippen LogP contribution < -0.4 is 5.32 Å². The molecule has 22 heavy (non-hydrogen) atoms. The van der Waals surface area contributed by atoms with E-state index in [1.54, 1.807) is 18.8 Å². The molecule has 9 heteroatoms. The predicted octanol–water partition coefficient (Wildman–Crippen LogP) is 1.87. The maximum absolute atomic E-state index is 12.0. The van der Waals surface area contributed by atoms with Crippen molar-refractivity contribution in [3.8, 4) is 0 Å². The number of hydrogen-bond donors (Lipinski definition) is 1. The smallest absolute Gasteiger partial charge is 0.239 e. The van der Waals surface area contributed by atoms with Crippen molar-refractivity contribution in [2.45, 2.75) is 40.9 Å². The Hall–Kier alpha value is -0.800. The van der Waals surface area contributed by atoms with Crippen molar-refractivity contribution in [1.82, 2.24) is 20.4 Å². The molecule has 1 heterocycles. The molecule has 1 fully saturated rings. The summed E-state index contributed by atoms with van der Waals surface area (Å²) in [6.45, 7) is 2.24. The Kier molecular flexibility index (Phi) is 6.97. The second-order valence-corrected chi connectivity index (χ2v) is 8.60. The van der Waals surface area contributed by atoms with Crippen LogP contribution in [0.1, 0.15) is 26.2 Å². The Balaban J connectivity index is 1.69. The number of hydrogen-bond acceptors (Lipinski definition) is 7. The van der Waals surface area contributed by atoms with Gasteiger partial charge in [0, 0.05) is 18.8 Å². The highest BCUT2D eigenvalue weighted by Gasteiger charge is 2.24. The lowest BCUT2D eigenvalue weighted by atomic mass is 10.5. The molecule has 2 rings (SSSR count). The number of carbonyl (C=O) groups excluding carboxylic acids is 2. The number of rotatable bonds is 9. The summed E-state index contributed by atoms with van der Waals surface area (Å²) in [6.07, 6.45) is 3.20. The van der Waals surface area contributed by atoms with Gasteiger partial charge in [0.1, 0.15) is 0 Å². The molecular weight excluding hydrogens is 340 g/mol. The lowest BCUT2D eigenvalue weighted by molar-refractivity contribution is -0.132. The number of amides is 2. The van der Waals surface area contributed by atoms with E-state index in [1.165, 1.54) is 28.0 Å². The van der Waals surface area contributed by atoms with Gasteiger partial charge in [-0.3, -0.25) is 9.59 Å². The minimum absolute atomic E-state index is 0.0751. The molecule has 122 valence electrons. The van der Waals surface area contributed by atoms with Crippen LogP contribution in [-0.4, -0.2) is 58.1 Å². The van der Waals surface area contributed by atoms with Gasteiger partial charge in [0.25, 0.3) is 0 Å². The molecule has 0 spiro atoms. The van der Waals surface area contributed by atoms with Crippen molar-refractivity contribution in [3.63, 3.8) is 0 Å². The minimum atomic E-state index is -0.0856. The highest BCUT2D eigenvalue weighted by Crippen LogP contribution is 2.29. The molecule has 1 aromatic rings. The first kappa shape index (κ1) is 17.6. The minimum Gasteiger partial charge on any atom is -0.352 e. The number of aromatic nitrogens is 2. The third kappa shape index (κ3) is 6.13. The molecular formula is C13H20N4O2S3. The first-order valence-electron chi connectivity index (χ1n) is 7.21. The quantitative estimate of drug-likeness (QED) is 0.678. The van der Waals surface area contributed by atoms with Crippen LogP contribution in [0.2, 0.25) is 0 Å². The lowest BCUT2D eigenvalue weighted by Gasteiger charge is -2.16. The summed E-state index contributed by atoms with van der Waals surface area (Å²) in [5.74, 6) is 1.14. The summed E-state index contributed by atoms with van der Waals surface area (Å²) >= 11 is 4.57. The zero-order valence-electron chi connectivity index (χ0n) is 12.7. The average molecular weight is 361 g/mol. The summed E-state index contributed by atoms with van der Waals surface area (Å²) in [5.41, 5.74) is 0. The Morgan fingerprint density at radius 2 is 2.00 bits per heavy atom. The molecule has 1 aromatic heterocycles. The number of nitrogens with zero attached hydrogens (tertiary/aromatic N) is 3. The van der Waals surface area contributed by atoms with E-state index in [9.17, 15) is 9.59 Å². The molecule has 1 saturated carbocycles. The molecule has 0 unspecified atom stereocenters. The van der Waals surface area contributed by atoms with Crippen molar-refractivity contribution >= 4 is 46.7 Å². The number of carbonyl (C=O) groups is 2. The van der Waals surface area contributed by atoms with Crippen molar-refractivity contribution in [2.75, 3.05) is 25.1 Å². The summed E-state index contributed by atoms with van der Waals surface area (Å²) in [6, 6.07) is 0.325. The normalized spacial score (nSPS) is 13.9. The Bertz CT molecular complexity index is 519. The highest BCUT2D eigenvalue weighted by atomic mass is 32.2. The third-order valence-corrected chi connectivity index (χ3v) is 6.27. The van der Waals surface area contributed by atoms with Crippen LogP contribution in [-0.2, 0) is 9.59 Å². The van der Waals surface area contributed by atoms with Crippen LogP contribution in [0.3, 0.4) is 0 Å². The Morgan fingerprint density at radius 3 is 2.64 bits per heavy atom. The molecule has 0 aliphatic heterocycles. The molecule has 0 radical (unpaired) electrons. The van der Waals surface area contributed by atoms with Gasteiger partial charge < -0.3 is 10.2 Å². The Labute approximate surface area is 142 Å². The largest absolute Gasteiger partial charge is 0.352 e. The second kappa shape index (κ2) is 8.73. The first-order valence-corrected chi connectivity index (χ1v) is 9.99. The van der Waals surface area contributed by atoms with Crippen LogP contribution >= 0.6 is 34.9 Å². The zero-order valence-corrected chi connectivity index (χ0v) is 15.2. The Morgan fingerprint density at radius 1 is 1.32 bits per heavy atom. The van der Waals surface area contributed by atoms with E-state index in [0.717, 1.165) is 33.7 Å². The molecule has 1 N–H and O–H groups in total. The first-order chi connectivity index (χ1) is 10.6. The molecule has 0 aromatic carbocycles. The molecule has 0 bridgehead atoms. The van der Waals surface area contributed by atoms with Crippen LogP contribution in [0, 0.1) is 0 Å². The van der Waals surface area contributed by atoms with E-state index in [-0.39, 0.29) is 24.1 Å². The topological polar surface area (TPSA) is 75.2 Å². The predicted molar refractivity (Wildman–Crippen MR) is 90.4 cm³/mol. The molecule has 6 nitrogen and oxygen atoms in total. The van der Waals surface area contributed by atoms with E-state index in [1.807, 2.05) is 0 Å². The van der Waals surface area contributed by atoms with Gasteiger partial charge in [0.2, 0.25) is 11.8 Å².